The topological polar surface area (TPSA) is 73.0 Å². The summed E-state index contributed by atoms with van der Waals surface area (Å²) in [6.45, 7) is 3.58. The average molecular weight is 365 g/mol. The van der Waals surface area contributed by atoms with Crippen LogP contribution >= 0.6 is 0 Å². The van der Waals surface area contributed by atoms with Crippen molar-refractivity contribution >= 4 is 10.0 Å². The first kappa shape index (κ1) is 18.5. The van der Waals surface area contributed by atoms with Crippen molar-refractivity contribution in [1.82, 2.24) is 23.6 Å². The van der Waals surface area contributed by atoms with E-state index in [-0.39, 0.29) is 10.6 Å². The number of hydrogen-bond donors (Lipinski definition) is 0. The predicted octanol–water partition coefficient (Wildman–Crippen LogP) is 1.78. The lowest BCUT2D eigenvalue weighted by molar-refractivity contribution is -0.142. The average Bonchev–Trinajstić information content (AvgIpc) is 3.01. The number of halogens is 3. The van der Waals surface area contributed by atoms with Crippen molar-refractivity contribution in [2.45, 2.75) is 38.1 Å². The van der Waals surface area contributed by atoms with E-state index in [1.807, 2.05) is 6.92 Å². The standard InChI is InChI=1S/C13H18F3N5O2S/c1-5-21-8-11(17-9(21)2)24(22,23)20(4)7-10-6-19(3)18-12(10)13(14,15)16/h6,8H,5,7H2,1-4H3. The molecular formula is C13H18F3N5O2S. The van der Waals surface area contributed by atoms with Crippen molar-refractivity contribution in [2.75, 3.05) is 7.05 Å². The summed E-state index contributed by atoms with van der Waals surface area (Å²) in [5.74, 6) is 0.516. The van der Waals surface area contributed by atoms with Crippen molar-refractivity contribution in [1.29, 1.82) is 0 Å². The highest BCUT2D eigenvalue weighted by atomic mass is 32.2. The van der Waals surface area contributed by atoms with E-state index in [1.165, 1.54) is 20.3 Å². The third-order valence-corrected chi connectivity index (χ3v) is 5.21. The molecule has 0 aliphatic rings. The van der Waals surface area contributed by atoms with Crippen molar-refractivity contribution in [2.24, 2.45) is 7.05 Å². The van der Waals surface area contributed by atoms with Gasteiger partial charge in [0, 0.05) is 45.1 Å². The molecule has 0 unspecified atom stereocenters. The summed E-state index contributed by atoms with van der Waals surface area (Å²) in [6.07, 6.45) is -2.12. The predicted molar refractivity (Wildman–Crippen MR) is 79.5 cm³/mol. The van der Waals surface area contributed by atoms with Gasteiger partial charge < -0.3 is 4.57 Å². The third kappa shape index (κ3) is 3.46. The Balaban J connectivity index is 2.33. The molecule has 2 rings (SSSR count). The molecular weight excluding hydrogens is 347 g/mol. The van der Waals surface area contributed by atoms with Crippen LogP contribution in [0, 0.1) is 6.92 Å². The maximum absolute atomic E-state index is 13.0. The summed E-state index contributed by atoms with van der Waals surface area (Å²) < 4.78 is 67.5. The van der Waals surface area contributed by atoms with Crippen LogP contribution in [0.2, 0.25) is 0 Å². The Morgan fingerprint density at radius 2 is 1.92 bits per heavy atom. The summed E-state index contributed by atoms with van der Waals surface area (Å²) >= 11 is 0. The Morgan fingerprint density at radius 3 is 2.42 bits per heavy atom. The summed E-state index contributed by atoms with van der Waals surface area (Å²) in [7, 11) is -1.45. The molecule has 0 bridgehead atoms. The maximum atomic E-state index is 13.0. The zero-order valence-electron chi connectivity index (χ0n) is 13.7. The molecule has 7 nitrogen and oxygen atoms in total. The largest absolute Gasteiger partial charge is 0.435 e. The Hall–Kier alpha value is -1.88. The van der Waals surface area contributed by atoms with E-state index in [0.29, 0.717) is 12.4 Å². The van der Waals surface area contributed by atoms with Crippen LogP contribution in [-0.2, 0) is 36.3 Å². The molecule has 24 heavy (non-hydrogen) atoms. The lowest BCUT2D eigenvalue weighted by atomic mass is 10.2. The van der Waals surface area contributed by atoms with E-state index >= 15 is 0 Å². The Labute approximate surface area is 137 Å². The molecule has 0 saturated carbocycles. The fourth-order valence-electron chi connectivity index (χ4n) is 2.30. The minimum Gasteiger partial charge on any atom is -0.334 e. The quantitative estimate of drug-likeness (QED) is 0.810. The van der Waals surface area contributed by atoms with Gasteiger partial charge >= 0.3 is 6.18 Å². The Kier molecular flexibility index (Phi) is 4.77. The van der Waals surface area contributed by atoms with Crippen molar-refractivity contribution in [3.63, 3.8) is 0 Å². The lowest BCUT2D eigenvalue weighted by Crippen LogP contribution is -2.27. The first-order chi connectivity index (χ1) is 11.0. The second-order valence-corrected chi connectivity index (χ2v) is 7.34. The molecule has 2 aromatic rings. The SMILES string of the molecule is CCn1cc(S(=O)(=O)N(C)Cc2cn(C)nc2C(F)(F)F)nc1C. The summed E-state index contributed by atoms with van der Waals surface area (Å²) in [5.41, 5.74) is -1.31. The monoisotopic (exact) mass is 365 g/mol. The molecule has 11 heteroatoms. The van der Waals surface area contributed by atoms with Crippen LogP contribution in [0.5, 0.6) is 0 Å². The molecule has 0 aliphatic heterocycles. The smallest absolute Gasteiger partial charge is 0.334 e. The highest BCUT2D eigenvalue weighted by Crippen LogP contribution is 2.31. The zero-order chi connectivity index (χ0) is 18.3. The number of rotatable bonds is 5. The number of alkyl halides is 3. The Bertz CT molecular complexity index is 838. The second kappa shape index (κ2) is 6.20. The molecule has 0 radical (unpaired) electrons. The van der Waals surface area contributed by atoms with Crippen LogP contribution in [0.1, 0.15) is 24.0 Å². The fourth-order valence-corrected chi connectivity index (χ4v) is 3.44. The molecule has 0 saturated heterocycles. The van der Waals surface area contributed by atoms with Gasteiger partial charge in [0.05, 0.1) is 0 Å². The van der Waals surface area contributed by atoms with Gasteiger partial charge in [0.2, 0.25) is 0 Å². The van der Waals surface area contributed by atoms with Crippen LogP contribution in [-0.4, -0.2) is 39.1 Å². The van der Waals surface area contributed by atoms with Gasteiger partial charge in [-0.2, -0.15) is 22.6 Å². The summed E-state index contributed by atoms with van der Waals surface area (Å²) in [6, 6.07) is 0. The van der Waals surface area contributed by atoms with Gasteiger partial charge in [-0.1, -0.05) is 0 Å². The van der Waals surface area contributed by atoms with Gasteiger partial charge in [0.15, 0.2) is 10.7 Å². The molecule has 0 aromatic carbocycles. The van der Waals surface area contributed by atoms with E-state index in [4.69, 9.17) is 0 Å². The summed E-state index contributed by atoms with van der Waals surface area (Å²) in [5, 5.41) is 3.18. The zero-order valence-corrected chi connectivity index (χ0v) is 14.5. The van der Waals surface area contributed by atoms with Gasteiger partial charge in [0.1, 0.15) is 5.82 Å². The number of hydrogen-bond acceptors (Lipinski definition) is 4. The highest BCUT2D eigenvalue weighted by molar-refractivity contribution is 7.89. The van der Waals surface area contributed by atoms with Crippen LogP contribution in [0.15, 0.2) is 17.4 Å². The molecule has 0 N–H and O–H groups in total. The normalized spacial score (nSPS) is 13.0. The molecule has 0 atom stereocenters. The van der Waals surface area contributed by atoms with E-state index in [1.54, 1.807) is 11.5 Å². The van der Waals surface area contributed by atoms with Gasteiger partial charge in [-0.15, -0.1) is 0 Å². The number of aryl methyl sites for hydroxylation is 3. The maximum Gasteiger partial charge on any atom is 0.435 e. The molecule has 2 heterocycles. The van der Waals surface area contributed by atoms with Crippen LogP contribution in [0.25, 0.3) is 0 Å². The van der Waals surface area contributed by atoms with Gasteiger partial charge in [0.25, 0.3) is 10.0 Å². The number of imidazole rings is 1. The van der Waals surface area contributed by atoms with Gasteiger partial charge in [-0.05, 0) is 13.8 Å². The molecule has 134 valence electrons. The third-order valence-electron chi connectivity index (χ3n) is 3.54. The minimum absolute atomic E-state index is 0.193. The van der Waals surface area contributed by atoms with Crippen LogP contribution in [0.3, 0.4) is 0 Å². The second-order valence-electron chi connectivity index (χ2n) is 5.35. The first-order valence-corrected chi connectivity index (χ1v) is 8.50. The van der Waals surface area contributed by atoms with E-state index in [0.717, 1.165) is 15.2 Å². The highest BCUT2D eigenvalue weighted by Gasteiger charge is 2.38. The van der Waals surface area contributed by atoms with Crippen molar-refractivity contribution < 1.29 is 21.6 Å². The first-order valence-electron chi connectivity index (χ1n) is 7.06. The minimum atomic E-state index is -4.65. The van der Waals surface area contributed by atoms with Crippen molar-refractivity contribution in [3.05, 3.63) is 29.5 Å². The fraction of sp³-hybridized carbons (Fsp3) is 0.538. The molecule has 0 aliphatic carbocycles. The van der Waals surface area contributed by atoms with Crippen LogP contribution in [0.4, 0.5) is 13.2 Å². The van der Waals surface area contributed by atoms with Gasteiger partial charge in [-0.25, -0.2) is 13.4 Å². The van der Waals surface area contributed by atoms with Gasteiger partial charge in [-0.3, -0.25) is 4.68 Å². The van der Waals surface area contributed by atoms with E-state index < -0.39 is 28.4 Å². The lowest BCUT2D eigenvalue weighted by Gasteiger charge is -2.16. The molecule has 2 aromatic heterocycles. The summed E-state index contributed by atoms with van der Waals surface area (Å²) in [4.78, 5) is 3.98. The molecule has 0 spiro atoms. The Morgan fingerprint density at radius 1 is 1.29 bits per heavy atom. The number of nitrogens with zero attached hydrogens (tertiary/aromatic N) is 5. The molecule has 0 fully saturated rings. The van der Waals surface area contributed by atoms with Crippen molar-refractivity contribution in [3.8, 4) is 0 Å². The molecule has 0 amide bonds. The number of aromatic nitrogens is 4. The van der Waals surface area contributed by atoms with E-state index in [9.17, 15) is 21.6 Å². The van der Waals surface area contributed by atoms with E-state index in [2.05, 4.69) is 10.1 Å². The van der Waals surface area contributed by atoms with Crippen LogP contribution < -0.4 is 0 Å². The number of sulfonamides is 1.